The van der Waals surface area contributed by atoms with Crippen molar-refractivity contribution in [2.24, 2.45) is 0 Å². The standard InChI is InChI=1S/C13H13N3O4/c14-4-10-9-3-1-2-8(9)6-16(13(10)20)7-11(17)15-5-12(18)19/h6H,1-3,5,7H2,(H,15,17)(H,18,19). The molecule has 2 rings (SSSR count). The Labute approximate surface area is 114 Å². The van der Waals surface area contributed by atoms with Crippen LogP contribution in [-0.4, -0.2) is 28.1 Å². The van der Waals surface area contributed by atoms with Crippen molar-refractivity contribution in [1.82, 2.24) is 9.88 Å². The average Bonchev–Trinajstić information content (AvgIpc) is 2.85. The number of carboxylic acids is 1. The zero-order valence-corrected chi connectivity index (χ0v) is 10.7. The molecular weight excluding hydrogens is 262 g/mol. The van der Waals surface area contributed by atoms with E-state index in [9.17, 15) is 14.4 Å². The summed E-state index contributed by atoms with van der Waals surface area (Å²) in [6.45, 7) is -0.780. The van der Waals surface area contributed by atoms with Gasteiger partial charge in [-0.25, -0.2) is 0 Å². The van der Waals surface area contributed by atoms with Crippen LogP contribution in [0.2, 0.25) is 0 Å². The van der Waals surface area contributed by atoms with Crippen LogP contribution in [0.3, 0.4) is 0 Å². The molecule has 0 spiro atoms. The summed E-state index contributed by atoms with van der Waals surface area (Å²) in [7, 11) is 0. The number of aromatic nitrogens is 1. The first kappa shape index (κ1) is 13.8. The molecule has 0 fully saturated rings. The summed E-state index contributed by atoms with van der Waals surface area (Å²) in [4.78, 5) is 34.0. The minimum absolute atomic E-state index is 0.0889. The van der Waals surface area contributed by atoms with Crippen molar-refractivity contribution >= 4 is 11.9 Å². The Balaban J connectivity index is 2.25. The van der Waals surface area contributed by atoms with Gasteiger partial charge in [-0.15, -0.1) is 0 Å². The second-order valence-corrected chi connectivity index (χ2v) is 4.58. The van der Waals surface area contributed by atoms with Crippen molar-refractivity contribution in [1.29, 1.82) is 5.26 Å². The van der Waals surface area contributed by atoms with Gasteiger partial charge in [0, 0.05) is 6.20 Å². The van der Waals surface area contributed by atoms with Crippen molar-refractivity contribution in [2.45, 2.75) is 25.8 Å². The quantitative estimate of drug-likeness (QED) is 0.762. The highest BCUT2D eigenvalue weighted by Gasteiger charge is 2.20. The molecule has 0 saturated heterocycles. The number of nitrogens with zero attached hydrogens (tertiary/aromatic N) is 2. The zero-order valence-electron chi connectivity index (χ0n) is 10.7. The third-order valence-electron chi connectivity index (χ3n) is 3.21. The molecule has 1 heterocycles. The summed E-state index contributed by atoms with van der Waals surface area (Å²) in [5.74, 6) is -1.73. The van der Waals surface area contributed by atoms with E-state index in [-0.39, 0.29) is 12.1 Å². The van der Waals surface area contributed by atoms with Gasteiger partial charge >= 0.3 is 5.97 Å². The Morgan fingerprint density at radius 3 is 2.85 bits per heavy atom. The van der Waals surface area contributed by atoms with Crippen LogP contribution < -0.4 is 10.9 Å². The third kappa shape index (κ3) is 2.69. The number of fused-ring (bicyclic) bond motifs is 1. The molecule has 2 N–H and O–H groups in total. The van der Waals surface area contributed by atoms with E-state index in [1.807, 2.05) is 6.07 Å². The van der Waals surface area contributed by atoms with Crippen LogP contribution in [0.5, 0.6) is 0 Å². The first-order chi connectivity index (χ1) is 9.52. The van der Waals surface area contributed by atoms with Crippen molar-refractivity contribution in [3.8, 4) is 6.07 Å². The lowest BCUT2D eigenvalue weighted by molar-refractivity contribution is -0.138. The summed E-state index contributed by atoms with van der Waals surface area (Å²) >= 11 is 0. The molecule has 7 nitrogen and oxygen atoms in total. The number of aliphatic carboxylic acids is 1. The fourth-order valence-electron chi connectivity index (χ4n) is 2.33. The fraction of sp³-hybridized carbons (Fsp3) is 0.385. The van der Waals surface area contributed by atoms with Crippen molar-refractivity contribution < 1.29 is 14.7 Å². The van der Waals surface area contributed by atoms with Gasteiger partial charge in [0.15, 0.2) is 0 Å². The van der Waals surface area contributed by atoms with E-state index in [0.29, 0.717) is 6.42 Å². The molecule has 0 unspecified atom stereocenters. The Morgan fingerprint density at radius 2 is 2.20 bits per heavy atom. The van der Waals surface area contributed by atoms with Crippen LogP contribution in [-0.2, 0) is 29.0 Å². The molecule has 7 heteroatoms. The monoisotopic (exact) mass is 275 g/mol. The number of nitrogens with one attached hydrogen (secondary N) is 1. The maximum Gasteiger partial charge on any atom is 0.322 e. The van der Waals surface area contributed by atoms with E-state index in [1.54, 1.807) is 6.20 Å². The van der Waals surface area contributed by atoms with Gasteiger partial charge in [0.1, 0.15) is 24.7 Å². The Bertz CT molecular complexity index is 669. The van der Waals surface area contributed by atoms with E-state index in [4.69, 9.17) is 10.4 Å². The smallest absolute Gasteiger partial charge is 0.322 e. The normalized spacial score (nSPS) is 12.6. The van der Waals surface area contributed by atoms with Gasteiger partial charge < -0.3 is 15.0 Å². The Hall–Kier alpha value is -2.62. The third-order valence-corrected chi connectivity index (χ3v) is 3.21. The van der Waals surface area contributed by atoms with Crippen LogP contribution >= 0.6 is 0 Å². The first-order valence-electron chi connectivity index (χ1n) is 6.16. The van der Waals surface area contributed by atoms with Gasteiger partial charge in [0.25, 0.3) is 5.56 Å². The Kier molecular flexibility index (Phi) is 3.84. The van der Waals surface area contributed by atoms with Gasteiger partial charge in [0.2, 0.25) is 5.91 Å². The molecule has 0 radical (unpaired) electrons. The van der Waals surface area contributed by atoms with Crippen LogP contribution in [0.1, 0.15) is 23.1 Å². The van der Waals surface area contributed by atoms with Crippen molar-refractivity contribution in [3.63, 3.8) is 0 Å². The largest absolute Gasteiger partial charge is 0.480 e. The summed E-state index contributed by atoms with van der Waals surface area (Å²) in [5.41, 5.74) is 1.27. The molecule has 0 aromatic carbocycles. The predicted molar refractivity (Wildman–Crippen MR) is 68.1 cm³/mol. The lowest BCUT2D eigenvalue weighted by Crippen LogP contribution is -2.36. The highest BCUT2D eigenvalue weighted by molar-refractivity contribution is 5.80. The van der Waals surface area contributed by atoms with E-state index < -0.39 is 24.0 Å². The lowest BCUT2D eigenvalue weighted by Gasteiger charge is -2.09. The predicted octanol–water partition coefficient (Wildman–Crippen LogP) is -0.591. The van der Waals surface area contributed by atoms with Gasteiger partial charge in [-0.3, -0.25) is 14.4 Å². The molecule has 1 aliphatic rings. The summed E-state index contributed by atoms with van der Waals surface area (Å²) in [6, 6.07) is 1.90. The molecule has 1 aromatic rings. The van der Waals surface area contributed by atoms with Crippen LogP contribution in [0.25, 0.3) is 0 Å². The maximum atomic E-state index is 12.1. The molecule has 0 aliphatic heterocycles. The summed E-state index contributed by atoms with van der Waals surface area (Å²) < 4.78 is 1.17. The van der Waals surface area contributed by atoms with E-state index in [1.165, 1.54) is 4.57 Å². The lowest BCUT2D eigenvalue weighted by atomic mass is 10.1. The highest BCUT2D eigenvalue weighted by atomic mass is 16.4. The number of nitriles is 1. The highest BCUT2D eigenvalue weighted by Crippen LogP contribution is 2.22. The molecule has 20 heavy (non-hydrogen) atoms. The van der Waals surface area contributed by atoms with E-state index in [0.717, 1.165) is 24.0 Å². The molecule has 1 aromatic heterocycles. The number of rotatable bonds is 4. The molecular formula is C13H13N3O4. The number of pyridine rings is 1. The SMILES string of the molecule is N#Cc1c2c(cn(CC(=O)NCC(=O)O)c1=O)CCC2. The average molecular weight is 275 g/mol. The second-order valence-electron chi connectivity index (χ2n) is 4.58. The molecule has 0 atom stereocenters. The van der Waals surface area contributed by atoms with Gasteiger partial charge in [-0.05, 0) is 30.4 Å². The zero-order chi connectivity index (χ0) is 14.7. The van der Waals surface area contributed by atoms with Gasteiger partial charge in [-0.1, -0.05) is 0 Å². The number of carboxylic acid groups (broad SMARTS) is 1. The number of carbonyl (C=O) groups excluding carboxylic acids is 1. The molecule has 1 aliphatic carbocycles. The van der Waals surface area contributed by atoms with E-state index >= 15 is 0 Å². The van der Waals surface area contributed by atoms with E-state index in [2.05, 4.69) is 5.32 Å². The summed E-state index contributed by atoms with van der Waals surface area (Å²) in [5, 5.41) is 19.7. The number of aryl methyl sites for hydroxylation is 1. The topological polar surface area (TPSA) is 112 Å². The Morgan fingerprint density at radius 1 is 1.45 bits per heavy atom. The van der Waals surface area contributed by atoms with Gasteiger partial charge in [-0.2, -0.15) is 5.26 Å². The first-order valence-corrected chi connectivity index (χ1v) is 6.16. The minimum Gasteiger partial charge on any atom is -0.480 e. The van der Waals surface area contributed by atoms with Crippen LogP contribution in [0.4, 0.5) is 0 Å². The van der Waals surface area contributed by atoms with Gasteiger partial charge in [0.05, 0.1) is 0 Å². The number of hydrogen-bond donors (Lipinski definition) is 2. The number of hydrogen-bond acceptors (Lipinski definition) is 4. The van der Waals surface area contributed by atoms with Crippen molar-refractivity contribution in [2.75, 3.05) is 6.54 Å². The number of carbonyl (C=O) groups is 2. The second kappa shape index (κ2) is 5.57. The molecule has 1 amide bonds. The molecule has 104 valence electrons. The number of amides is 1. The maximum absolute atomic E-state index is 12.1. The van der Waals surface area contributed by atoms with Crippen molar-refractivity contribution in [3.05, 3.63) is 33.2 Å². The minimum atomic E-state index is -1.16. The fourth-order valence-corrected chi connectivity index (χ4v) is 2.33. The molecule has 0 bridgehead atoms. The van der Waals surface area contributed by atoms with Crippen LogP contribution in [0, 0.1) is 11.3 Å². The molecule has 0 saturated carbocycles. The summed E-state index contributed by atoms with van der Waals surface area (Å²) in [6.07, 6.45) is 3.96. The van der Waals surface area contributed by atoms with Crippen LogP contribution in [0.15, 0.2) is 11.0 Å².